The second kappa shape index (κ2) is 8.44. The van der Waals surface area contributed by atoms with Gasteiger partial charge >= 0.3 is 5.97 Å². The summed E-state index contributed by atoms with van der Waals surface area (Å²) in [6.07, 6.45) is 0.397. The van der Waals surface area contributed by atoms with Crippen LogP contribution in [0.3, 0.4) is 0 Å². The number of esters is 1. The highest BCUT2D eigenvalue weighted by molar-refractivity contribution is 6.55. The molecule has 150 valence electrons. The number of carbonyl (C=O) groups is 1. The highest BCUT2D eigenvalue weighted by atomic mass is 35.5. The van der Waals surface area contributed by atoms with E-state index < -0.39 is 23.8 Å². The third-order valence-corrected chi connectivity index (χ3v) is 5.30. The average Bonchev–Trinajstić information content (AvgIpc) is 3.21. The third kappa shape index (κ3) is 4.72. The highest BCUT2D eigenvalue weighted by Gasteiger charge is 2.62. The molecule has 7 heteroatoms. The van der Waals surface area contributed by atoms with Crippen molar-refractivity contribution in [1.82, 2.24) is 0 Å². The summed E-state index contributed by atoms with van der Waals surface area (Å²) >= 11 is 11.4. The van der Waals surface area contributed by atoms with E-state index in [1.54, 1.807) is 30.3 Å². The number of halogens is 3. The van der Waals surface area contributed by atoms with Crippen LogP contribution in [0.5, 0.6) is 11.5 Å². The van der Waals surface area contributed by atoms with Crippen molar-refractivity contribution in [2.24, 2.45) is 17.3 Å². The van der Waals surface area contributed by atoms with Crippen molar-refractivity contribution in [3.05, 3.63) is 70.5 Å². The lowest BCUT2D eigenvalue weighted by molar-refractivity contribution is -0.149. The summed E-state index contributed by atoms with van der Waals surface area (Å²) < 4.78 is 25.2. The molecule has 1 aliphatic rings. The molecule has 0 aromatic heterocycles. The molecule has 29 heavy (non-hydrogen) atoms. The van der Waals surface area contributed by atoms with Gasteiger partial charge in [0.2, 0.25) is 6.10 Å². The Kier molecular flexibility index (Phi) is 6.16. The molecule has 0 bridgehead atoms. The number of hydrogen-bond donors (Lipinski definition) is 0. The largest absolute Gasteiger partial charge is 0.454 e. The normalized spacial score (nSPS) is 20.1. The predicted octanol–water partition coefficient (Wildman–Crippen LogP) is 6.32. The van der Waals surface area contributed by atoms with Crippen molar-refractivity contribution in [3.8, 4) is 17.6 Å². The Labute approximate surface area is 178 Å². The third-order valence-electron chi connectivity index (χ3n) is 5.05. The number of para-hydroxylation sites is 1. The van der Waals surface area contributed by atoms with Crippen LogP contribution in [0.25, 0.3) is 0 Å². The van der Waals surface area contributed by atoms with Crippen molar-refractivity contribution < 1.29 is 18.7 Å². The summed E-state index contributed by atoms with van der Waals surface area (Å²) in [4.78, 5) is 12.6. The quantitative estimate of drug-likeness (QED) is 0.500. The number of hydrogen-bond acceptors (Lipinski definition) is 4. The van der Waals surface area contributed by atoms with E-state index in [0.29, 0.717) is 11.3 Å². The molecule has 3 atom stereocenters. The van der Waals surface area contributed by atoms with Crippen molar-refractivity contribution in [2.45, 2.75) is 20.0 Å². The molecule has 0 spiro atoms. The molecule has 2 aromatic carbocycles. The summed E-state index contributed by atoms with van der Waals surface area (Å²) in [6, 6.07) is 14.5. The smallest absolute Gasteiger partial charge is 0.311 e. The second-order valence-electron chi connectivity index (χ2n) is 7.33. The number of carbonyl (C=O) groups excluding carboxylic acids is 1. The van der Waals surface area contributed by atoms with Crippen LogP contribution in [0.15, 0.2) is 59.1 Å². The summed E-state index contributed by atoms with van der Waals surface area (Å²) in [7, 11) is 0. The first-order valence-corrected chi connectivity index (χ1v) is 9.65. The molecule has 0 saturated heterocycles. The van der Waals surface area contributed by atoms with Gasteiger partial charge in [-0.25, -0.2) is 4.39 Å². The van der Waals surface area contributed by atoms with Crippen LogP contribution in [0.2, 0.25) is 0 Å². The van der Waals surface area contributed by atoms with Crippen LogP contribution in [-0.4, -0.2) is 5.97 Å². The van der Waals surface area contributed by atoms with E-state index in [-0.39, 0.29) is 21.6 Å². The SMILES string of the molecule is CC1(C)[C@H](C=C(Cl)Cl)[C@@H]1C(=O)O[C@H](C#N)c1ccc(F)c(Oc2ccccc2)c1. The minimum Gasteiger partial charge on any atom is -0.454 e. The van der Waals surface area contributed by atoms with Gasteiger partial charge in [0.25, 0.3) is 0 Å². The maximum atomic E-state index is 14.2. The lowest BCUT2D eigenvalue weighted by Gasteiger charge is -2.14. The lowest BCUT2D eigenvalue weighted by atomic mass is 10.1. The fraction of sp³-hybridized carbons (Fsp3) is 0.273. The molecule has 1 fully saturated rings. The Morgan fingerprint density at radius 1 is 1.24 bits per heavy atom. The number of ether oxygens (including phenoxy) is 2. The molecule has 0 amide bonds. The van der Waals surface area contributed by atoms with Gasteiger partial charge in [0, 0.05) is 5.56 Å². The van der Waals surface area contributed by atoms with E-state index in [1.165, 1.54) is 18.2 Å². The summed E-state index contributed by atoms with van der Waals surface area (Å²) in [5.74, 6) is -1.39. The van der Waals surface area contributed by atoms with Gasteiger partial charge in [-0.2, -0.15) is 5.26 Å². The Balaban J connectivity index is 1.77. The van der Waals surface area contributed by atoms with Gasteiger partial charge in [-0.15, -0.1) is 0 Å². The monoisotopic (exact) mass is 433 g/mol. The minimum atomic E-state index is -1.20. The number of rotatable bonds is 6. The first-order valence-electron chi connectivity index (χ1n) is 8.89. The second-order valence-corrected chi connectivity index (χ2v) is 8.34. The van der Waals surface area contributed by atoms with Gasteiger partial charge in [0.15, 0.2) is 11.6 Å². The zero-order valence-corrected chi connectivity index (χ0v) is 17.2. The van der Waals surface area contributed by atoms with E-state index in [0.717, 1.165) is 0 Å². The van der Waals surface area contributed by atoms with Crippen LogP contribution in [0.4, 0.5) is 4.39 Å². The average molecular weight is 434 g/mol. The zero-order chi connectivity index (χ0) is 21.2. The van der Waals surface area contributed by atoms with E-state index in [4.69, 9.17) is 32.7 Å². The number of nitriles is 1. The topological polar surface area (TPSA) is 59.3 Å². The van der Waals surface area contributed by atoms with Crippen LogP contribution in [0, 0.1) is 34.4 Å². The molecular weight excluding hydrogens is 416 g/mol. The summed E-state index contributed by atoms with van der Waals surface area (Å²) in [5, 5.41) is 9.51. The Hall–Kier alpha value is -2.55. The van der Waals surface area contributed by atoms with Crippen molar-refractivity contribution in [2.75, 3.05) is 0 Å². The molecule has 4 nitrogen and oxygen atoms in total. The van der Waals surface area contributed by atoms with Gasteiger partial charge in [0.05, 0.1) is 5.92 Å². The van der Waals surface area contributed by atoms with E-state index in [9.17, 15) is 14.4 Å². The predicted molar refractivity (Wildman–Crippen MR) is 108 cm³/mol. The van der Waals surface area contributed by atoms with Gasteiger partial charge in [0.1, 0.15) is 16.3 Å². The molecule has 0 heterocycles. The number of benzene rings is 2. The van der Waals surface area contributed by atoms with E-state index in [2.05, 4.69) is 0 Å². The fourth-order valence-electron chi connectivity index (χ4n) is 3.31. The maximum Gasteiger partial charge on any atom is 0.311 e. The Bertz CT molecular complexity index is 981. The molecular formula is C22H18Cl2FNO3. The van der Waals surface area contributed by atoms with E-state index in [1.807, 2.05) is 26.0 Å². The zero-order valence-electron chi connectivity index (χ0n) is 15.7. The molecule has 0 radical (unpaired) electrons. The summed E-state index contributed by atoms with van der Waals surface area (Å²) in [5.41, 5.74) is -0.0645. The van der Waals surface area contributed by atoms with Crippen molar-refractivity contribution >= 4 is 29.2 Å². The Morgan fingerprint density at radius 3 is 2.55 bits per heavy atom. The van der Waals surface area contributed by atoms with Gasteiger partial charge < -0.3 is 9.47 Å². The molecule has 0 aliphatic heterocycles. The molecule has 0 unspecified atom stereocenters. The van der Waals surface area contributed by atoms with Crippen LogP contribution in [-0.2, 0) is 9.53 Å². The highest BCUT2D eigenvalue weighted by Crippen LogP contribution is 2.60. The van der Waals surface area contributed by atoms with Crippen LogP contribution < -0.4 is 4.74 Å². The van der Waals surface area contributed by atoms with Crippen LogP contribution in [0.1, 0.15) is 25.5 Å². The molecule has 2 aromatic rings. The van der Waals surface area contributed by atoms with Gasteiger partial charge in [-0.3, -0.25) is 4.79 Å². The fourth-order valence-corrected chi connectivity index (χ4v) is 3.58. The van der Waals surface area contributed by atoms with Crippen molar-refractivity contribution in [1.29, 1.82) is 5.26 Å². The van der Waals surface area contributed by atoms with E-state index >= 15 is 0 Å². The molecule has 1 saturated carbocycles. The van der Waals surface area contributed by atoms with Gasteiger partial charge in [-0.05, 0) is 41.7 Å². The number of nitrogens with zero attached hydrogens (tertiary/aromatic N) is 1. The molecule has 0 N–H and O–H groups in total. The maximum absolute atomic E-state index is 14.2. The number of allylic oxidation sites excluding steroid dienone is 1. The van der Waals surface area contributed by atoms with Crippen LogP contribution >= 0.6 is 23.2 Å². The standard InChI is InChI=1S/C22H18Cl2FNO3/c1-22(2)15(11-19(23)24)20(22)21(27)29-18(12-26)13-8-9-16(25)17(10-13)28-14-6-4-3-5-7-14/h3-11,15,18,20H,1-2H3/t15-,18-,20-/m1/s1. The first kappa shape index (κ1) is 21.2. The molecule has 3 rings (SSSR count). The molecule has 1 aliphatic carbocycles. The lowest BCUT2D eigenvalue weighted by Crippen LogP contribution is -2.14. The minimum absolute atomic E-state index is 0.0634. The summed E-state index contributed by atoms with van der Waals surface area (Å²) in [6.45, 7) is 3.78. The van der Waals surface area contributed by atoms with Gasteiger partial charge in [-0.1, -0.05) is 61.3 Å². The van der Waals surface area contributed by atoms with Crippen molar-refractivity contribution in [3.63, 3.8) is 0 Å². The Morgan fingerprint density at radius 2 is 1.93 bits per heavy atom. The first-order chi connectivity index (χ1) is 13.7.